The predicted molar refractivity (Wildman–Crippen MR) is 56.4 cm³/mol. The molecule has 7 heteroatoms. The van der Waals surface area contributed by atoms with E-state index in [0.717, 1.165) is 12.1 Å². The summed E-state index contributed by atoms with van der Waals surface area (Å²) in [7, 11) is 1.46. The van der Waals surface area contributed by atoms with Gasteiger partial charge in [-0.25, -0.2) is 0 Å². The second-order valence-electron chi connectivity index (χ2n) is 3.56. The molecule has 1 aromatic rings. The van der Waals surface area contributed by atoms with Crippen molar-refractivity contribution in [1.82, 2.24) is 9.88 Å². The Kier molecular flexibility index (Phi) is 4.26. The summed E-state index contributed by atoms with van der Waals surface area (Å²) in [5, 5.41) is 8.36. The van der Waals surface area contributed by atoms with Crippen LogP contribution in [0.5, 0.6) is 0 Å². The van der Waals surface area contributed by atoms with E-state index in [4.69, 9.17) is 5.26 Å². The van der Waals surface area contributed by atoms with Gasteiger partial charge in [-0.1, -0.05) is 0 Å². The molecule has 1 heterocycles. The van der Waals surface area contributed by atoms with Gasteiger partial charge in [0.15, 0.2) is 0 Å². The van der Waals surface area contributed by atoms with Crippen LogP contribution in [0.15, 0.2) is 18.3 Å². The van der Waals surface area contributed by atoms with Crippen LogP contribution in [0.3, 0.4) is 0 Å². The van der Waals surface area contributed by atoms with Gasteiger partial charge < -0.3 is 4.90 Å². The summed E-state index contributed by atoms with van der Waals surface area (Å²) in [5.41, 5.74) is -0.984. The second-order valence-corrected chi connectivity index (χ2v) is 3.56. The molecule has 4 nitrogen and oxygen atoms in total. The third-order valence-electron chi connectivity index (χ3n) is 2.22. The molecule has 0 bridgehead atoms. The number of alkyl halides is 3. The van der Waals surface area contributed by atoms with Crippen LogP contribution in [0.2, 0.25) is 0 Å². The van der Waals surface area contributed by atoms with Gasteiger partial charge in [0.2, 0.25) is 0 Å². The number of nitriles is 1. The molecule has 96 valence electrons. The van der Waals surface area contributed by atoms with E-state index in [9.17, 15) is 18.0 Å². The van der Waals surface area contributed by atoms with Gasteiger partial charge in [-0.05, 0) is 12.1 Å². The molecule has 0 spiro atoms. The van der Waals surface area contributed by atoms with Crippen LogP contribution in [-0.4, -0.2) is 29.4 Å². The number of halogens is 3. The number of aromatic nitrogens is 1. The first-order chi connectivity index (χ1) is 8.36. The number of hydrogen-bond acceptors (Lipinski definition) is 3. The molecular weight excluding hydrogens is 247 g/mol. The summed E-state index contributed by atoms with van der Waals surface area (Å²) in [6, 6.07) is 3.70. The highest BCUT2D eigenvalue weighted by Crippen LogP contribution is 2.28. The van der Waals surface area contributed by atoms with E-state index >= 15 is 0 Å². The van der Waals surface area contributed by atoms with Crippen molar-refractivity contribution in [2.75, 3.05) is 13.6 Å². The largest absolute Gasteiger partial charge is 0.417 e. The Morgan fingerprint density at radius 3 is 2.61 bits per heavy atom. The van der Waals surface area contributed by atoms with Gasteiger partial charge in [0.1, 0.15) is 5.69 Å². The minimum absolute atomic E-state index is 0.0801. The molecule has 0 atom stereocenters. The molecule has 18 heavy (non-hydrogen) atoms. The molecule has 1 aromatic heterocycles. The fourth-order valence-electron chi connectivity index (χ4n) is 1.20. The summed E-state index contributed by atoms with van der Waals surface area (Å²) in [6.45, 7) is 0.206. The first-order valence-corrected chi connectivity index (χ1v) is 5.02. The number of amides is 1. The highest BCUT2D eigenvalue weighted by molar-refractivity contribution is 5.92. The number of pyridine rings is 1. The number of hydrogen-bond donors (Lipinski definition) is 0. The Bertz CT molecular complexity index is 462. The van der Waals surface area contributed by atoms with Gasteiger partial charge >= 0.3 is 6.18 Å². The summed E-state index contributed by atoms with van der Waals surface area (Å²) in [6.07, 6.45) is -3.70. The second kappa shape index (κ2) is 5.49. The molecule has 0 aromatic carbocycles. The Labute approximate surface area is 102 Å². The van der Waals surface area contributed by atoms with Crippen LogP contribution >= 0.6 is 0 Å². The fourth-order valence-corrected chi connectivity index (χ4v) is 1.20. The molecule has 0 saturated carbocycles. The lowest BCUT2D eigenvalue weighted by atomic mass is 10.2. The van der Waals surface area contributed by atoms with Crippen molar-refractivity contribution in [3.63, 3.8) is 0 Å². The van der Waals surface area contributed by atoms with E-state index in [-0.39, 0.29) is 18.7 Å². The minimum Gasteiger partial charge on any atom is -0.339 e. The third kappa shape index (κ3) is 3.45. The number of carbonyl (C=O) groups excluding carboxylic acids is 1. The van der Waals surface area contributed by atoms with Gasteiger partial charge in [-0.2, -0.15) is 18.4 Å². The van der Waals surface area contributed by atoms with Crippen molar-refractivity contribution >= 4 is 5.91 Å². The zero-order valence-corrected chi connectivity index (χ0v) is 9.53. The number of rotatable bonds is 3. The van der Waals surface area contributed by atoms with Crippen molar-refractivity contribution in [3.05, 3.63) is 29.6 Å². The smallest absolute Gasteiger partial charge is 0.339 e. The fraction of sp³-hybridized carbons (Fsp3) is 0.364. The highest BCUT2D eigenvalue weighted by atomic mass is 19.4. The zero-order chi connectivity index (χ0) is 13.8. The monoisotopic (exact) mass is 257 g/mol. The summed E-state index contributed by atoms with van der Waals surface area (Å²) in [4.78, 5) is 16.4. The molecule has 0 aliphatic heterocycles. The molecule has 0 unspecified atom stereocenters. The van der Waals surface area contributed by atoms with Crippen LogP contribution in [0.1, 0.15) is 22.5 Å². The summed E-state index contributed by atoms with van der Waals surface area (Å²) < 4.78 is 36.8. The van der Waals surface area contributed by atoms with Crippen molar-refractivity contribution in [2.24, 2.45) is 0 Å². The first kappa shape index (κ1) is 14.0. The Hall–Kier alpha value is -2.10. The lowest BCUT2D eigenvalue weighted by molar-refractivity contribution is -0.137. The van der Waals surface area contributed by atoms with Crippen LogP contribution in [0.4, 0.5) is 13.2 Å². The predicted octanol–water partition coefficient (Wildman–Crippen LogP) is 2.09. The Balaban J connectivity index is 2.80. The minimum atomic E-state index is -4.47. The number of carbonyl (C=O) groups is 1. The molecule has 0 fully saturated rings. The van der Waals surface area contributed by atoms with E-state index in [1.807, 2.05) is 6.07 Å². The molecular formula is C11H10F3N3O. The van der Waals surface area contributed by atoms with Gasteiger partial charge in [0.25, 0.3) is 5.91 Å². The van der Waals surface area contributed by atoms with Crippen LogP contribution < -0.4 is 0 Å². The van der Waals surface area contributed by atoms with Crippen molar-refractivity contribution < 1.29 is 18.0 Å². The van der Waals surface area contributed by atoms with Crippen LogP contribution in [0.25, 0.3) is 0 Å². The lowest BCUT2D eigenvalue weighted by Crippen LogP contribution is -2.28. The normalized spacial score (nSPS) is 10.8. The quantitative estimate of drug-likeness (QED) is 0.833. The van der Waals surface area contributed by atoms with E-state index in [0.29, 0.717) is 6.20 Å². The molecule has 0 aliphatic carbocycles. The van der Waals surface area contributed by atoms with Crippen molar-refractivity contribution in [1.29, 1.82) is 5.26 Å². The van der Waals surface area contributed by atoms with Crippen molar-refractivity contribution in [2.45, 2.75) is 12.6 Å². The molecule has 0 saturated heterocycles. The maximum atomic E-state index is 12.3. The molecule has 1 amide bonds. The third-order valence-corrected chi connectivity index (χ3v) is 2.22. The molecule has 0 radical (unpaired) electrons. The van der Waals surface area contributed by atoms with Crippen LogP contribution in [-0.2, 0) is 6.18 Å². The van der Waals surface area contributed by atoms with Gasteiger partial charge in [0.05, 0.1) is 18.1 Å². The SMILES string of the molecule is CN(CCC#N)C(=O)c1ccc(C(F)(F)F)cn1. The Morgan fingerprint density at radius 2 is 2.17 bits per heavy atom. The van der Waals surface area contributed by atoms with Gasteiger partial charge in [-0.15, -0.1) is 0 Å². The highest BCUT2D eigenvalue weighted by Gasteiger charge is 2.31. The van der Waals surface area contributed by atoms with E-state index in [2.05, 4.69) is 4.98 Å². The average molecular weight is 257 g/mol. The Morgan fingerprint density at radius 1 is 1.50 bits per heavy atom. The number of nitrogens with zero attached hydrogens (tertiary/aromatic N) is 3. The molecule has 0 aliphatic rings. The zero-order valence-electron chi connectivity index (χ0n) is 9.53. The maximum absolute atomic E-state index is 12.3. The van der Waals surface area contributed by atoms with Crippen molar-refractivity contribution in [3.8, 4) is 6.07 Å². The van der Waals surface area contributed by atoms with Crippen LogP contribution in [0, 0.1) is 11.3 Å². The van der Waals surface area contributed by atoms with Gasteiger partial charge in [0, 0.05) is 19.8 Å². The van der Waals surface area contributed by atoms with E-state index < -0.39 is 17.6 Å². The van der Waals surface area contributed by atoms with E-state index in [1.165, 1.54) is 11.9 Å². The molecule has 0 N–H and O–H groups in total. The van der Waals surface area contributed by atoms with E-state index in [1.54, 1.807) is 0 Å². The summed E-state index contributed by atoms with van der Waals surface area (Å²) >= 11 is 0. The summed E-state index contributed by atoms with van der Waals surface area (Å²) in [5.74, 6) is -0.515. The van der Waals surface area contributed by atoms with Gasteiger partial charge in [-0.3, -0.25) is 9.78 Å². The standard InChI is InChI=1S/C11H10F3N3O/c1-17(6-2-5-15)10(18)9-4-3-8(7-16-9)11(12,13)14/h3-4,7H,2,6H2,1H3. The topological polar surface area (TPSA) is 57.0 Å². The maximum Gasteiger partial charge on any atom is 0.417 e. The molecule has 1 rings (SSSR count). The lowest BCUT2D eigenvalue weighted by Gasteiger charge is -2.15. The average Bonchev–Trinajstić information content (AvgIpc) is 2.34. The first-order valence-electron chi connectivity index (χ1n) is 5.02.